The maximum Gasteiger partial charge on any atom is 0.141 e. The van der Waals surface area contributed by atoms with E-state index in [1.54, 1.807) is 0 Å². The third kappa shape index (κ3) is 3.60. The molecule has 106 valence electrons. The van der Waals surface area contributed by atoms with Crippen LogP contribution >= 0.6 is 0 Å². The van der Waals surface area contributed by atoms with E-state index in [0.717, 1.165) is 24.8 Å². The van der Waals surface area contributed by atoms with Gasteiger partial charge in [0.1, 0.15) is 5.82 Å². The number of pyridine rings is 1. The van der Waals surface area contributed by atoms with Gasteiger partial charge in [-0.05, 0) is 36.7 Å². The molecule has 1 unspecified atom stereocenters. The van der Waals surface area contributed by atoms with E-state index in [1.165, 1.54) is 24.9 Å². The molecule has 19 heavy (non-hydrogen) atoms. The third-order valence-corrected chi connectivity index (χ3v) is 4.21. The lowest BCUT2D eigenvalue weighted by Crippen LogP contribution is -2.26. The monoisotopic (exact) mass is 262 g/mol. The minimum Gasteiger partial charge on any atom is -0.371 e. The summed E-state index contributed by atoms with van der Waals surface area (Å²) in [5.74, 6) is 6.97. The first-order valence-corrected chi connectivity index (χ1v) is 7.18. The fourth-order valence-corrected chi connectivity index (χ4v) is 2.92. The lowest BCUT2D eigenvalue weighted by atomic mass is 9.77. The predicted octanol–water partition coefficient (Wildman–Crippen LogP) is 3.02. The summed E-state index contributed by atoms with van der Waals surface area (Å²) < 4.78 is 0. The summed E-state index contributed by atoms with van der Waals surface area (Å²) in [5, 5.41) is 0. The van der Waals surface area contributed by atoms with Crippen molar-refractivity contribution in [3.8, 4) is 0 Å². The fourth-order valence-electron chi connectivity index (χ4n) is 2.92. The van der Waals surface area contributed by atoms with E-state index in [4.69, 9.17) is 5.84 Å². The second-order valence-electron chi connectivity index (χ2n) is 6.52. The van der Waals surface area contributed by atoms with Gasteiger partial charge in [-0.2, -0.15) is 0 Å². The highest BCUT2D eigenvalue weighted by atomic mass is 15.2. The highest BCUT2D eigenvalue weighted by molar-refractivity contribution is 5.53. The van der Waals surface area contributed by atoms with Gasteiger partial charge >= 0.3 is 0 Å². The van der Waals surface area contributed by atoms with Crippen molar-refractivity contribution in [1.29, 1.82) is 0 Å². The largest absolute Gasteiger partial charge is 0.371 e. The van der Waals surface area contributed by atoms with Gasteiger partial charge in [0.15, 0.2) is 0 Å². The maximum absolute atomic E-state index is 5.43. The summed E-state index contributed by atoms with van der Waals surface area (Å²) in [7, 11) is 0. The smallest absolute Gasteiger partial charge is 0.141 e. The van der Waals surface area contributed by atoms with Gasteiger partial charge in [0, 0.05) is 31.0 Å². The molecule has 2 rings (SSSR count). The van der Waals surface area contributed by atoms with Crippen LogP contribution in [0.25, 0.3) is 0 Å². The van der Waals surface area contributed by atoms with Crippen molar-refractivity contribution in [1.82, 2.24) is 4.98 Å². The van der Waals surface area contributed by atoms with Crippen LogP contribution < -0.4 is 16.2 Å². The van der Waals surface area contributed by atoms with Crippen LogP contribution in [0.5, 0.6) is 0 Å². The van der Waals surface area contributed by atoms with Crippen LogP contribution in [0.4, 0.5) is 11.5 Å². The highest BCUT2D eigenvalue weighted by Gasteiger charge is 2.27. The van der Waals surface area contributed by atoms with Crippen molar-refractivity contribution in [2.24, 2.45) is 17.2 Å². The molecule has 0 amide bonds. The molecule has 1 aliphatic rings. The molecule has 2 heterocycles. The molecule has 0 aliphatic carbocycles. The topological polar surface area (TPSA) is 54.2 Å². The normalized spacial score (nSPS) is 21.1. The molecule has 1 saturated heterocycles. The fraction of sp³-hybridized carbons (Fsp3) is 0.667. The van der Waals surface area contributed by atoms with Gasteiger partial charge in [-0.25, -0.2) is 10.8 Å². The Morgan fingerprint density at radius 1 is 1.32 bits per heavy atom. The summed E-state index contributed by atoms with van der Waals surface area (Å²) in [4.78, 5) is 6.62. The second-order valence-corrected chi connectivity index (χ2v) is 6.52. The lowest BCUT2D eigenvalue weighted by Gasteiger charge is -2.30. The molecule has 3 N–H and O–H groups in total. The van der Waals surface area contributed by atoms with Crippen molar-refractivity contribution in [2.75, 3.05) is 23.4 Å². The third-order valence-electron chi connectivity index (χ3n) is 4.21. The molecule has 0 aromatic carbocycles. The van der Waals surface area contributed by atoms with Crippen LogP contribution in [-0.2, 0) is 0 Å². The van der Waals surface area contributed by atoms with Crippen LogP contribution in [0.15, 0.2) is 18.3 Å². The SMILES string of the molecule is CC(C)(C)C1CCCN(c2ccnc(NN)c2)CC1. The number of hydrogen-bond donors (Lipinski definition) is 2. The molecule has 0 radical (unpaired) electrons. The molecule has 1 fully saturated rings. The Balaban J connectivity index is 2.06. The van der Waals surface area contributed by atoms with Gasteiger partial charge in [0.05, 0.1) is 0 Å². The molecule has 1 aromatic heterocycles. The quantitative estimate of drug-likeness (QED) is 0.635. The number of hydrazine groups is 1. The summed E-state index contributed by atoms with van der Waals surface area (Å²) in [6.07, 6.45) is 5.66. The zero-order valence-corrected chi connectivity index (χ0v) is 12.3. The second kappa shape index (κ2) is 5.78. The van der Waals surface area contributed by atoms with E-state index in [-0.39, 0.29) is 0 Å². The maximum atomic E-state index is 5.43. The molecule has 1 aliphatic heterocycles. The van der Waals surface area contributed by atoms with E-state index in [0.29, 0.717) is 5.41 Å². The van der Waals surface area contributed by atoms with Crippen molar-refractivity contribution < 1.29 is 0 Å². The Labute approximate surface area is 116 Å². The molecule has 1 atom stereocenters. The molecular weight excluding hydrogens is 236 g/mol. The molecule has 0 spiro atoms. The summed E-state index contributed by atoms with van der Waals surface area (Å²) >= 11 is 0. The zero-order valence-electron chi connectivity index (χ0n) is 12.3. The first-order valence-electron chi connectivity index (χ1n) is 7.18. The number of nitrogens with two attached hydrogens (primary N) is 1. The Morgan fingerprint density at radius 2 is 2.11 bits per heavy atom. The van der Waals surface area contributed by atoms with Crippen LogP contribution in [0.2, 0.25) is 0 Å². The first-order chi connectivity index (χ1) is 9.00. The summed E-state index contributed by atoms with van der Waals surface area (Å²) in [6, 6.07) is 4.09. The van der Waals surface area contributed by atoms with E-state index >= 15 is 0 Å². The minimum absolute atomic E-state index is 0.415. The van der Waals surface area contributed by atoms with Gasteiger partial charge in [-0.1, -0.05) is 20.8 Å². The molecule has 4 heteroatoms. The number of anilines is 2. The van der Waals surface area contributed by atoms with Gasteiger partial charge in [0.2, 0.25) is 0 Å². The standard InChI is InChI=1S/C15H26N4/c1-15(2,3)12-5-4-9-19(10-7-12)13-6-8-17-14(11-13)18-16/h6,8,11-12H,4-5,7,9-10,16H2,1-3H3,(H,17,18). The predicted molar refractivity (Wildman–Crippen MR) is 81.1 cm³/mol. The van der Waals surface area contributed by atoms with E-state index in [2.05, 4.69) is 42.1 Å². The van der Waals surface area contributed by atoms with E-state index < -0.39 is 0 Å². The van der Waals surface area contributed by atoms with Crippen molar-refractivity contribution in [2.45, 2.75) is 40.0 Å². The number of nitrogens with one attached hydrogen (secondary N) is 1. The van der Waals surface area contributed by atoms with Crippen LogP contribution in [-0.4, -0.2) is 18.1 Å². The number of rotatable bonds is 2. The Hall–Kier alpha value is -1.29. The number of nitrogen functional groups attached to an aromatic ring is 1. The minimum atomic E-state index is 0.415. The van der Waals surface area contributed by atoms with Gasteiger partial charge < -0.3 is 10.3 Å². The van der Waals surface area contributed by atoms with Crippen molar-refractivity contribution in [3.05, 3.63) is 18.3 Å². The average molecular weight is 262 g/mol. The van der Waals surface area contributed by atoms with Crippen molar-refractivity contribution >= 4 is 11.5 Å². The van der Waals surface area contributed by atoms with Gasteiger partial charge in [-0.3, -0.25) is 0 Å². The number of hydrogen-bond acceptors (Lipinski definition) is 4. The van der Waals surface area contributed by atoms with Crippen LogP contribution in [0.3, 0.4) is 0 Å². The number of aromatic nitrogens is 1. The first kappa shape index (κ1) is 14.1. The molecule has 1 aromatic rings. The lowest BCUT2D eigenvalue weighted by molar-refractivity contribution is 0.220. The van der Waals surface area contributed by atoms with Crippen molar-refractivity contribution in [3.63, 3.8) is 0 Å². The molecule has 4 nitrogen and oxygen atoms in total. The average Bonchev–Trinajstić information content (AvgIpc) is 2.64. The Morgan fingerprint density at radius 3 is 2.79 bits per heavy atom. The molecular formula is C15H26N4. The molecule has 0 bridgehead atoms. The highest BCUT2D eigenvalue weighted by Crippen LogP contribution is 2.35. The van der Waals surface area contributed by atoms with E-state index in [9.17, 15) is 0 Å². The van der Waals surface area contributed by atoms with Crippen LogP contribution in [0, 0.1) is 11.3 Å². The zero-order chi connectivity index (χ0) is 13.9. The number of nitrogens with zero attached hydrogens (tertiary/aromatic N) is 2. The van der Waals surface area contributed by atoms with E-state index in [1.807, 2.05) is 12.3 Å². The Bertz CT molecular complexity index is 411. The van der Waals surface area contributed by atoms with Gasteiger partial charge in [-0.15, -0.1) is 0 Å². The van der Waals surface area contributed by atoms with Crippen LogP contribution in [0.1, 0.15) is 40.0 Å². The Kier molecular flexibility index (Phi) is 4.30. The summed E-state index contributed by atoms with van der Waals surface area (Å²) in [5.41, 5.74) is 4.25. The van der Waals surface area contributed by atoms with Gasteiger partial charge in [0.25, 0.3) is 0 Å². The summed E-state index contributed by atoms with van der Waals surface area (Å²) in [6.45, 7) is 9.32. The molecule has 0 saturated carbocycles.